The van der Waals surface area contributed by atoms with Crippen LogP contribution in [0.3, 0.4) is 0 Å². The van der Waals surface area contributed by atoms with Crippen LogP contribution >= 0.6 is 0 Å². The fourth-order valence-electron chi connectivity index (χ4n) is 2.91. The van der Waals surface area contributed by atoms with E-state index in [0.29, 0.717) is 0 Å². The van der Waals surface area contributed by atoms with E-state index < -0.39 is 0 Å². The Morgan fingerprint density at radius 2 is 1.86 bits per heavy atom. The lowest BCUT2D eigenvalue weighted by Crippen LogP contribution is -2.47. The van der Waals surface area contributed by atoms with Gasteiger partial charge in [0.25, 0.3) is 0 Å². The molecular weight excluding hydrogens is 267 g/mol. The Morgan fingerprint density at radius 3 is 2.43 bits per heavy atom. The standard InChI is InChI=1S/C17H25FN2O/c1-3-16(14-7-9-15(18)10-8-14)19-13(2)17(21)20-11-5-4-6-12-20/h7-10,13,16,19H,3-6,11-12H2,1-2H3. The lowest BCUT2D eigenvalue weighted by atomic mass is 10.0. The molecule has 1 N–H and O–H groups in total. The van der Waals surface area contributed by atoms with Crippen LogP contribution in [-0.2, 0) is 4.79 Å². The molecule has 1 aliphatic heterocycles. The number of rotatable bonds is 5. The molecule has 2 atom stereocenters. The van der Waals surface area contributed by atoms with Gasteiger partial charge in [0.2, 0.25) is 5.91 Å². The molecule has 0 spiro atoms. The number of halogens is 1. The predicted octanol–water partition coefficient (Wildman–Crippen LogP) is 3.27. The van der Waals surface area contributed by atoms with Crippen LogP contribution in [0.2, 0.25) is 0 Å². The number of nitrogens with one attached hydrogen (secondary N) is 1. The van der Waals surface area contributed by atoms with E-state index in [1.54, 1.807) is 12.1 Å². The fraction of sp³-hybridized carbons (Fsp3) is 0.588. The summed E-state index contributed by atoms with van der Waals surface area (Å²) in [5.74, 6) is -0.0543. The molecule has 1 heterocycles. The molecule has 0 saturated carbocycles. The Bertz CT molecular complexity index is 454. The summed E-state index contributed by atoms with van der Waals surface area (Å²) < 4.78 is 13.0. The van der Waals surface area contributed by atoms with Crippen molar-refractivity contribution in [1.29, 1.82) is 0 Å². The second-order valence-electron chi connectivity index (χ2n) is 5.79. The summed E-state index contributed by atoms with van der Waals surface area (Å²) in [6.07, 6.45) is 4.29. The van der Waals surface area contributed by atoms with Gasteiger partial charge in [0.15, 0.2) is 0 Å². The topological polar surface area (TPSA) is 32.3 Å². The first-order valence-corrected chi connectivity index (χ1v) is 7.92. The van der Waals surface area contributed by atoms with E-state index in [1.165, 1.54) is 18.6 Å². The first-order valence-electron chi connectivity index (χ1n) is 7.92. The fourth-order valence-corrected chi connectivity index (χ4v) is 2.91. The summed E-state index contributed by atoms with van der Waals surface area (Å²) >= 11 is 0. The molecular formula is C17H25FN2O. The van der Waals surface area contributed by atoms with Gasteiger partial charge in [-0.25, -0.2) is 4.39 Å². The molecule has 0 bridgehead atoms. The summed E-state index contributed by atoms with van der Waals surface area (Å²) in [6.45, 7) is 5.73. The number of carbonyl (C=O) groups is 1. The van der Waals surface area contributed by atoms with Gasteiger partial charge in [-0.15, -0.1) is 0 Å². The molecule has 0 aliphatic carbocycles. The molecule has 2 rings (SSSR count). The number of hydrogen-bond acceptors (Lipinski definition) is 2. The van der Waals surface area contributed by atoms with E-state index in [4.69, 9.17) is 0 Å². The number of hydrogen-bond donors (Lipinski definition) is 1. The van der Waals surface area contributed by atoms with E-state index in [9.17, 15) is 9.18 Å². The smallest absolute Gasteiger partial charge is 0.239 e. The highest BCUT2D eigenvalue weighted by Gasteiger charge is 2.24. The SMILES string of the molecule is CCC(NC(C)C(=O)N1CCCCC1)c1ccc(F)cc1. The Hall–Kier alpha value is -1.42. The molecule has 116 valence electrons. The molecule has 1 saturated heterocycles. The molecule has 1 amide bonds. The van der Waals surface area contributed by atoms with Crippen molar-refractivity contribution in [1.82, 2.24) is 10.2 Å². The molecule has 2 unspecified atom stereocenters. The third kappa shape index (κ3) is 4.27. The van der Waals surface area contributed by atoms with Crippen LogP contribution in [0.25, 0.3) is 0 Å². The molecule has 1 aromatic carbocycles. The van der Waals surface area contributed by atoms with Gasteiger partial charge in [0.1, 0.15) is 5.82 Å². The first kappa shape index (κ1) is 16.0. The van der Waals surface area contributed by atoms with Crippen molar-refractivity contribution in [3.05, 3.63) is 35.6 Å². The van der Waals surface area contributed by atoms with Gasteiger partial charge in [0, 0.05) is 19.1 Å². The molecule has 21 heavy (non-hydrogen) atoms. The molecule has 0 radical (unpaired) electrons. The average molecular weight is 292 g/mol. The maximum absolute atomic E-state index is 13.0. The van der Waals surface area contributed by atoms with Crippen LogP contribution in [0, 0.1) is 5.82 Å². The molecule has 1 fully saturated rings. The number of carbonyl (C=O) groups excluding carboxylic acids is 1. The van der Waals surface area contributed by atoms with E-state index in [-0.39, 0.29) is 23.8 Å². The van der Waals surface area contributed by atoms with Crippen LogP contribution in [-0.4, -0.2) is 29.9 Å². The van der Waals surface area contributed by atoms with E-state index in [2.05, 4.69) is 12.2 Å². The van der Waals surface area contributed by atoms with E-state index in [1.807, 2.05) is 11.8 Å². The zero-order valence-corrected chi connectivity index (χ0v) is 12.9. The van der Waals surface area contributed by atoms with Crippen molar-refractivity contribution in [3.8, 4) is 0 Å². The average Bonchev–Trinajstić information content (AvgIpc) is 2.53. The summed E-state index contributed by atoms with van der Waals surface area (Å²) in [4.78, 5) is 14.4. The third-order valence-electron chi connectivity index (χ3n) is 4.17. The van der Waals surface area contributed by atoms with Crippen molar-refractivity contribution in [2.75, 3.05) is 13.1 Å². The maximum atomic E-state index is 13.0. The zero-order chi connectivity index (χ0) is 15.2. The van der Waals surface area contributed by atoms with Crippen molar-refractivity contribution >= 4 is 5.91 Å². The van der Waals surface area contributed by atoms with Gasteiger partial charge in [-0.3, -0.25) is 10.1 Å². The molecule has 3 nitrogen and oxygen atoms in total. The number of amides is 1. The second-order valence-corrected chi connectivity index (χ2v) is 5.79. The Balaban J connectivity index is 1.96. The number of nitrogens with zero attached hydrogens (tertiary/aromatic N) is 1. The van der Waals surface area contributed by atoms with Crippen molar-refractivity contribution < 1.29 is 9.18 Å². The second kappa shape index (κ2) is 7.55. The maximum Gasteiger partial charge on any atom is 0.239 e. The zero-order valence-electron chi connectivity index (χ0n) is 12.9. The minimum atomic E-state index is -0.231. The highest BCUT2D eigenvalue weighted by Crippen LogP contribution is 2.18. The summed E-state index contributed by atoms with van der Waals surface area (Å²) in [7, 11) is 0. The minimum absolute atomic E-state index is 0.0781. The minimum Gasteiger partial charge on any atom is -0.341 e. The lowest BCUT2D eigenvalue weighted by Gasteiger charge is -2.31. The molecule has 0 aromatic heterocycles. The van der Waals surface area contributed by atoms with Gasteiger partial charge in [-0.2, -0.15) is 0 Å². The van der Waals surface area contributed by atoms with E-state index >= 15 is 0 Å². The monoisotopic (exact) mass is 292 g/mol. The van der Waals surface area contributed by atoms with Gasteiger partial charge in [0.05, 0.1) is 6.04 Å². The quantitative estimate of drug-likeness (QED) is 0.903. The van der Waals surface area contributed by atoms with Gasteiger partial charge in [-0.05, 0) is 50.3 Å². The molecule has 1 aromatic rings. The number of likely N-dealkylation sites (tertiary alicyclic amines) is 1. The summed E-state index contributed by atoms with van der Waals surface area (Å²) in [5, 5.41) is 3.39. The third-order valence-corrected chi connectivity index (χ3v) is 4.17. The Morgan fingerprint density at radius 1 is 1.24 bits per heavy atom. The molecule has 1 aliphatic rings. The van der Waals surface area contributed by atoms with Gasteiger partial charge in [-0.1, -0.05) is 19.1 Å². The number of piperidine rings is 1. The predicted molar refractivity (Wildman–Crippen MR) is 82.5 cm³/mol. The van der Waals surface area contributed by atoms with Crippen molar-refractivity contribution in [3.63, 3.8) is 0 Å². The van der Waals surface area contributed by atoms with E-state index in [0.717, 1.165) is 37.9 Å². The Kier molecular flexibility index (Phi) is 5.74. The van der Waals surface area contributed by atoms with Crippen LogP contribution in [0.1, 0.15) is 51.1 Å². The van der Waals surface area contributed by atoms with Crippen molar-refractivity contribution in [2.45, 2.75) is 51.6 Å². The van der Waals surface area contributed by atoms with Crippen LogP contribution in [0.15, 0.2) is 24.3 Å². The summed E-state index contributed by atoms with van der Waals surface area (Å²) in [5.41, 5.74) is 1.03. The van der Waals surface area contributed by atoms with Gasteiger partial charge >= 0.3 is 0 Å². The largest absolute Gasteiger partial charge is 0.341 e. The van der Waals surface area contributed by atoms with Crippen LogP contribution in [0.4, 0.5) is 4.39 Å². The van der Waals surface area contributed by atoms with Crippen LogP contribution < -0.4 is 5.32 Å². The van der Waals surface area contributed by atoms with Crippen LogP contribution in [0.5, 0.6) is 0 Å². The highest BCUT2D eigenvalue weighted by molar-refractivity contribution is 5.81. The highest BCUT2D eigenvalue weighted by atomic mass is 19.1. The first-order chi connectivity index (χ1) is 10.1. The normalized spacial score (nSPS) is 18.3. The van der Waals surface area contributed by atoms with Gasteiger partial charge < -0.3 is 4.90 Å². The van der Waals surface area contributed by atoms with Crippen molar-refractivity contribution in [2.24, 2.45) is 0 Å². The summed E-state index contributed by atoms with van der Waals surface area (Å²) in [6, 6.07) is 6.38. The Labute approximate surface area is 126 Å². The lowest BCUT2D eigenvalue weighted by molar-refractivity contribution is -0.134. The molecule has 4 heteroatoms. The number of benzene rings is 1.